The molecule has 0 aliphatic carbocycles. The van der Waals surface area contributed by atoms with E-state index in [2.05, 4.69) is 15.6 Å². The van der Waals surface area contributed by atoms with Crippen LogP contribution >= 0.6 is 0 Å². The zero-order valence-corrected chi connectivity index (χ0v) is 16.4. The molecule has 0 saturated carbocycles. The number of methoxy groups -OCH3 is 2. The van der Waals surface area contributed by atoms with Crippen molar-refractivity contribution in [1.82, 2.24) is 4.98 Å². The second-order valence-electron chi connectivity index (χ2n) is 6.21. The zero-order chi connectivity index (χ0) is 20.8. The summed E-state index contributed by atoms with van der Waals surface area (Å²) in [5.41, 5.74) is 2.28. The van der Waals surface area contributed by atoms with Gasteiger partial charge in [0.2, 0.25) is 0 Å². The Bertz CT molecular complexity index is 1030. The number of hydrogen-bond donors (Lipinski definition) is 2. The van der Waals surface area contributed by atoms with Crippen molar-refractivity contribution < 1.29 is 19.1 Å². The third kappa shape index (κ3) is 4.90. The number of carbonyl (C=O) groups excluding carboxylic acids is 2. The minimum absolute atomic E-state index is 0.0271. The molecule has 7 heteroatoms. The lowest BCUT2D eigenvalue weighted by Gasteiger charge is -2.13. The largest absolute Gasteiger partial charge is 0.497 e. The maximum atomic E-state index is 12.6. The van der Waals surface area contributed by atoms with Crippen LogP contribution in [0.4, 0.5) is 17.2 Å². The van der Waals surface area contributed by atoms with Gasteiger partial charge in [0.1, 0.15) is 17.3 Å². The highest BCUT2D eigenvalue weighted by atomic mass is 16.5. The van der Waals surface area contributed by atoms with Crippen LogP contribution in [0.15, 0.2) is 60.8 Å². The van der Waals surface area contributed by atoms with E-state index in [1.807, 2.05) is 0 Å². The van der Waals surface area contributed by atoms with E-state index in [4.69, 9.17) is 9.47 Å². The number of anilines is 3. The van der Waals surface area contributed by atoms with Gasteiger partial charge in [-0.15, -0.1) is 0 Å². The molecule has 1 heterocycles. The van der Waals surface area contributed by atoms with Gasteiger partial charge in [-0.2, -0.15) is 0 Å². The van der Waals surface area contributed by atoms with Crippen LogP contribution in [-0.4, -0.2) is 30.9 Å². The molecule has 0 saturated heterocycles. The predicted octanol–water partition coefficient (Wildman–Crippen LogP) is 4.30. The summed E-state index contributed by atoms with van der Waals surface area (Å²) in [5.74, 6) is 1.45. The van der Waals surface area contributed by atoms with Gasteiger partial charge >= 0.3 is 0 Å². The standard InChI is InChI=1S/C22H21N3O4/c1-14(26)15-4-6-17(7-5-15)24-22(27)16-10-11-23-21(12-16)25-19-13-18(28-2)8-9-20(19)29-3/h4-13H,1-3H3,(H,23,25)(H,24,27). The molecule has 3 aromatic rings. The number of Topliss-reactive ketones (excluding diaryl/α,β-unsaturated/α-hetero) is 1. The van der Waals surface area contributed by atoms with Crippen LogP contribution in [0.2, 0.25) is 0 Å². The molecular weight excluding hydrogens is 370 g/mol. The van der Waals surface area contributed by atoms with E-state index in [0.29, 0.717) is 39.8 Å². The van der Waals surface area contributed by atoms with Gasteiger partial charge < -0.3 is 20.1 Å². The number of pyridine rings is 1. The quantitative estimate of drug-likeness (QED) is 0.584. The predicted molar refractivity (Wildman–Crippen MR) is 111 cm³/mol. The van der Waals surface area contributed by atoms with Gasteiger partial charge in [-0.25, -0.2) is 4.98 Å². The van der Waals surface area contributed by atoms with Gasteiger partial charge in [0.25, 0.3) is 5.91 Å². The monoisotopic (exact) mass is 391 g/mol. The Hall–Kier alpha value is -3.87. The highest BCUT2D eigenvalue weighted by Crippen LogP contribution is 2.31. The molecule has 2 aromatic carbocycles. The summed E-state index contributed by atoms with van der Waals surface area (Å²) in [7, 11) is 3.15. The lowest BCUT2D eigenvalue weighted by Crippen LogP contribution is -2.12. The Labute approximate surface area is 168 Å². The molecule has 0 spiro atoms. The van der Waals surface area contributed by atoms with Crippen molar-refractivity contribution in [3.8, 4) is 11.5 Å². The lowest BCUT2D eigenvalue weighted by atomic mass is 10.1. The highest BCUT2D eigenvalue weighted by Gasteiger charge is 2.10. The van der Waals surface area contributed by atoms with Crippen LogP contribution in [0, 0.1) is 0 Å². The first-order valence-corrected chi connectivity index (χ1v) is 8.87. The van der Waals surface area contributed by atoms with Crippen LogP contribution in [0.1, 0.15) is 27.6 Å². The SMILES string of the molecule is COc1ccc(OC)c(Nc2cc(C(=O)Nc3ccc(C(C)=O)cc3)ccn2)c1. The molecule has 0 unspecified atom stereocenters. The van der Waals surface area contributed by atoms with E-state index >= 15 is 0 Å². The fourth-order valence-corrected chi connectivity index (χ4v) is 2.68. The number of ether oxygens (including phenoxy) is 2. The molecule has 29 heavy (non-hydrogen) atoms. The second-order valence-corrected chi connectivity index (χ2v) is 6.21. The van der Waals surface area contributed by atoms with E-state index < -0.39 is 0 Å². The number of hydrogen-bond acceptors (Lipinski definition) is 6. The lowest BCUT2D eigenvalue weighted by molar-refractivity contribution is 0.101. The van der Waals surface area contributed by atoms with E-state index in [9.17, 15) is 9.59 Å². The smallest absolute Gasteiger partial charge is 0.255 e. The fraction of sp³-hybridized carbons (Fsp3) is 0.136. The average Bonchev–Trinajstić information content (AvgIpc) is 2.74. The summed E-state index contributed by atoms with van der Waals surface area (Å²) in [4.78, 5) is 28.2. The van der Waals surface area contributed by atoms with Crippen LogP contribution in [0.25, 0.3) is 0 Å². The number of aromatic nitrogens is 1. The van der Waals surface area contributed by atoms with Crippen molar-refractivity contribution in [1.29, 1.82) is 0 Å². The van der Waals surface area contributed by atoms with Gasteiger partial charge in [0.15, 0.2) is 5.78 Å². The van der Waals surface area contributed by atoms with Crippen molar-refractivity contribution in [2.24, 2.45) is 0 Å². The molecular formula is C22H21N3O4. The molecule has 0 radical (unpaired) electrons. The minimum atomic E-state index is -0.288. The number of benzene rings is 2. The normalized spacial score (nSPS) is 10.2. The number of rotatable bonds is 7. The highest BCUT2D eigenvalue weighted by molar-refractivity contribution is 6.05. The summed E-state index contributed by atoms with van der Waals surface area (Å²) < 4.78 is 10.6. The number of nitrogens with zero attached hydrogens (tertiary/aromatic N) is 1. The molecule has 0 aliphatic rings. The Kier molecular flexibility index (Phi) is 6.09. The molecule has 1 amide bonds. The third-order valence-corrected chi connectivity index (χ3v) is 4.24. The average molecular weight is 391 g/mol. The summed E-state index contributed by atoms with van der Waals surface area (Å²) in [5, 5.41) is 5.95. The van der Waals surface area contributed by atoms with Gasteiger partial charge in [0, 0.05) is 29.1 Å². The molecule has 0 bridgehead atoms. The molecule has 3 rings (SSSR count). The summed E-state index contributed by atoms with van der Waals surface area (Å²) in [6.07, 6.45) is 1.54. The maximum Gasteiger partial charge on any atom is 0.255 e. The Morgan fingerprint density at radius 3 is 2.31 bits per heavy atom. The molecule has 7 nitrogen and oxygen atoms in total. The van der Waals surface area contributed by atoms with Gasteiger partial charge in [-0.05, 0) is 55.5 Å². The molecule has 0 fully saturated rings. The van der Waals surface area contributed by atoms with Gasteiger partial charge in [0.05, 0.1) is 19.9 Å². The minimum Gasteiger partial charge on any atom is -0.497 e. The first-order valence-electron chi connectivity index (χ1n) is 8.87. The second kappa shape index (κ2) is 8.88. The van der Waals surface area contributed by atoms with Gasteiger partial charge in [-0.3, -0.25) is 9.59 Å². The molecule has 0 aliphatic heterocycles. The van der Waals surface area contributed by atoms with Crippen LogP contribution in [0.3, 0.4) is 0 Å². The summed E-state index contributed by atoms with van der Waals surface area (Å²) in [6, 6.07) is 15.3. The third-order valence-electron chi connectivity index (χ3n) is 4.24. The van der Waals surface area contributed by atoms with E-state index in [1.165, 1.54) is 6.92 Å². The number of ketones is 1. The Morgan fingerprint density at radius 1 is 0.897 bits per heavy atom. The zero-order valence-electron chi connectivity index (χ0n) is 16.4. The van der Waals surface area contributed by atoms with Crippen LogP contribution in [-0.2, 0) is 0 Å². The molecule has 2 N–H and O–H groups in total. The van der Waals surface area contributed by atoms with Crippen molar-refractivity contribution >= 4 is 28.9 Å². The van der Waals surface area contributed by atoms with E-state index in [0.717, 1.165) is 0 Å². The number of nitrogens with one attached hydrogen (secondary N) is 2. The Morgan fingerprint density at radius 2 is 1.66 bits per heavy atom. The summed E-state index contributed by atoms with van der Waals surface area (Å²) >= 11 is 0. The molecule has 148 valence electrons. The van der Waals surface area contributed by atoms with Crippen molar-refractivity contribution in [3.05, 3.63) is 71.9 Å². The van der Waals surface area contributed by atoms with E-state index in [1.54, 1.807) is 75.0 Å². The Balaban J connectivity index is 1.77. The van der Waals surface area contributed by atoms with Crippen molar-refractivity contribution in [3.63, 3.8) is 0 Å². The fourth-order valence-electron chi connectivity index (χ4n) is 2.68. The van der Waals surface area contributed by atoms with Crippen LogP contribution < -0.4 is 20.1 Å². The topological polar surface area (TPSA) is 89.5 Å². The van der Waals surface area contributed by atoms with E-state index in [-0.39, 0.29) is 11.7 Å². The first-order chi connectivity index (χ1) is 14.0. The summed E-state index contributed by atoms with van der Waals surface area (Å²) in [6.45, 7) is 1.50. The number of carbonyl (C=O) groups is 2. The van der Waals surface area contributed by atoms with Gasteiger partial charge in [-0.1, -0.05) is 0 Å². The molecule has 1 aromatic heterocycles. The number of amides is 1. The first kappa shape index (κ1) is 19.9. The maximum absolute atomic E-state index is 12.6. The van der Waals surface area contributed by atoms with Crippen LogP contribution in [0.5, 0.6) is 11.5 Å². The van der Waals surface area contributed by atoms with Crippen molar-refractivity contribution in [2.75, 3.05) is 24.9 Å². The van der Waals surface area contributed by atoms with Crippen molar-refractivity contribution in [2.45, 2.75) is 6.92 Å². The molecule has 0 atom stereocenters.